The molecule has 0 aliphatic heterocycles. The number of alkyl halides is 2. The molecule has 0 spiro atoms. The van der Waals surface area contributed by atoms with E-state index in [9.17, 15) is 8.78 Å². The first-order valence-corrected chi connectivity index (χ1v) is 8.61. The third-order valence-electron chi connectivity index (χ3n) is 3.94. The molecule has 5 nitrogen and oxygen atoms in total. The Balaban J connectivity index is 1.68. The fourth-order valence-corrected chi connectivity index (χ4v) is 2.42. The third-order valence-corrected chi connectivity index (χ3v) is 3.94. The lowest BCUT2D eigenvalue weighted by Crippen LogP contribution is -2.39. The number of guanidine groups is 1. The van der Waals surface area contributed by atoms with Crippen molar-refractivity contribution < 1.29 is 18.3 Å². The van der Waals surface area contributed by atoms with Gasteiger partial charge in [-0.05, 0) is 42.9 Å². The average molecular weight is 355 g/mol. The molecule has 1 aromatic rings. The molecule has 0 radical (unpaired) electrons. The van der Waals surface area contributed by atoms with Gasteiger partial charge in [-0.3, -0.25) is 4.99 Å². The van der Waals surface area contributed by atoms with Crippen molar-refractivity contribution >= 4 is 5.96 Å². The molecule has 0 bridgehead atoms. The molecule has 1 aromatic carbocycles. The van der Waals surface area contributed by atoms with Crippen molar-refractivity contribution in [2.24, 2.45) is 10.9 Å². The van der Waals surface area contributed by atoms with Crippen LogP contribution in [-0.2, 0) is 11.3 Å². The summed E-state index contributed by atoms with van der Waals surface area (Å²) in [6.45, 7) is 0.260. The maximum atomic E-state index is 12.2. The van der Waals surface area contributed by atoms with Crippen molar-refractivity contribution in [1.29, 1.82) is 0 Å². The van der Waals surface area contributed by atoms with E-state index in [-0.39, 0.29) is 5.75 Å². The van der Waals surface area contributed by atoms with Crippen LogP contribution in [0.4, 0.5) is 8.78 Å². The summed E-state index contributed by atoms with van der Waals surface area (Å²) in [7, 11) is 3.67. The monoisotopic (exact) mass is 355 g/mol. The minimum Gasteiger partial charge on any atom is -0.435 e. The Bertz CT molecular complexity index is 534. The Kier molecular flexibility index (Phi) is 7.91. The predicted octanol–water partition coefficient (Wildman–Crippen LogP) is 3.11. The van der Waals surface area contributed by atoms with Crippen LogP contribution in [-0.4, -0.2) is 51.3 Å². The first-order chi connectivity index (χ1) is 12.1. The summed E-state index contributed by atoms with van der Waals surface area (Å²) in [6, 6.07) is 6.63. The fourth-order valence-electron chi connectivity index (χ4n) is 2.42. The van der Waals surface area contributed by atoms with E-state index in [1.165, 1.54) is 12.8 Å². The molecule has 0 saturated heterocycles. The molecule has 25 heavy (non-hydrogen) atoms. The Morgan fingerprint density at radius 3 is 2.64 bits per heavy atom. The number of rotatable bonds is 10. The minimum atomic E-state index is -2.80. The molecule has 1 aliphatic rings. The number of aliphatic imine (C=N–C) groups is 1. The van der Waals surface area contributed by atoms with Gasteiger partial charge in [-0.2, -0.15) is 8.78 Å². The second kappa shape index (κ2) is 10.2. The van der Waals surface area contributed by atoms with Crippen molar-refractivity contribution in [3.8, 4) is 5.75 Å². The van der Waals surface area contributed by atoms with Crippen molar-refractivity contribution in [1.82, 2.24) is 10.2 Å². The molecule has 0 heterocycles. The Labute approximate surface area is 148 Å². The van der Waals surface area contributed by atoms with E-state index in [0.717, 1.165) is 43.6 Å². The van der Waals surface area contributed by atoms with Gasteiger partial charge in [0.1, 0.15) is 5.75 Å². The van der Waals surface area contributed by atoms with Crippen LogP contribution in [0.5, 0.6) is 5.75 Å². The van der Waals surface area contributed by atoms with Crippen LogP contribution in [0.1, 0.15) is 24.8 Å². The zero-order valence-electron chi connectivity index (χ0n) is 14.9. The summed E-state index contributed by atoms with van der Waals surface area (Å²) in [4.78, 5) is 6.24. The molecular weight excluding hydrogens is 328 g/mol. The standard InChI is InChI=1S/C18H27F2N3O2/c1-21-18(22-10-3-11-24-13-15-4-5-15)23(2)12-14-6-8-16(9-7-14)25-17(19)20/h6-9,15,17H,3-5,10-13H2,1-2H3,(H,21,22). The van der Waals surface area contributed by atoms with Crippen molar-refractivity contribution in [2.75, 3.05) is 33.9 Å². The van der Waals surface area contributed by atoms with Gasteiger partial charge in [-0.25, -0.2) is 0 Å². The maximum absolute atomic E-state index is 12.2. The number of hydrogen-bond donors (Lipinski definition) is 1. The van der Waals surface area contributed by atoms with Gasteiger partial charge in [0, 0.05) is 40.4 Å². The molecule has 1 aliphatic carbocycles. The molecule has 0 unspecified atom stereocenters. The van der Waals surface area contributed by atoms with Gasteiger partial charge in [-0.1, -0.05) is 12.1 Å². The summed E-state index contributed by atoms with van der Waals surface area (Å²) < 4.78 is 34.3. The molecule has 0 atom stereocenters. The van der Waals surface area contributed by atoms with Gasteiger partial charge < -0.3 is 19.7 Å². The number of nitrogens with zero attached hydrogens (tertiary/aromatic N) is 2. The topological polar surface area (TPSA) is 46.1 Å². The Morgan fingerprint density at radius 2 is 2.04 bits per heavy atom. The lowest BCUT2D eigenvalue weighted by Gasteiger charge is -2.22. The SMILES string of the molecule is CN=C(NCCCOCC1CC1)N(C)Cc1ccc(OC(F)F)cc1. The summed E-state index contributed by atoms with van der Waals surface area (Å²) in [5.74, 6) is 1.74. The molecule has 1 fully saturated rings. The van der Waals surface area contributed by atoms with Crippen LogP contribution in [0, 0.1) is 5.92 Å². The van der Waals surface area contributed by atoms with E-state index in [1.54, 1.807) is 31.3 Å². The zero-order valence-corrected chi connectivity index (χ0v) is 14.9. The first-order valence-electron chi connectivity index (χ1n) is 8.61. The Hall–Kier alpha value is -1.89. The van der Waals surface area contributed by atoms with E-state index in [4.69, 9.17) is 4.74 Å². The second-order valence-electron chi connectivity index (χ2n) is 6.22. The van der Waals surface area contributed by atoms with Gasteiger partial charge in [0.15, 0.2) is 5.96 Å². The summed E-state index contributed by atoms with van der Waals surface area (Å²) in [5, 5.41) is 3.30. The second-order valence-corrected chi connectivity index (χ2v) is 6.22. The maximum Gasteiger partial charge on any atom is 0.387 e. The van der Waals surface area contributed by atoms with Gasteiger partial charge >= 0.3 is 6.61 Å². The lowest BCUT2D eigenvalue weighted by molar-refractivity contribution is -0.0498. The van der Waals surface area contributed by atoms with Gasteiger partial charge in [0.25, 0.3) is 0 Å². The summed E-state index contributed by atoms with van der Waals surface area (Å²) in [5.41, 5.74) is 0.986. The van der Waals surface area contributed by atoms with Crippen molar-refractivity contribution in [3.63, 3.8) is 0 Å². The molecule has 7 heteroatoms. The molecule has 1 saturated carbocycles. The van der Waals surface area contributed by atoms with Crippen LogP contribution in [0.3, 0.4) is 0 Å². The van der Waals surface area contributed by atoms with Crippen molar-refractivity contribution in [2.45, 2.75) is 32.4 Å². The van der Waals surface area contributed by atoms with E-state index in [2.05, 4.69) is 15.0 Å². The molecule has 0 amide bonds. The highest BCUT2D eigenvalue weighted by Crippen LogP contribution is 2.28. The van der Waals surface area contributed by atoms with Gasteiger partial charge in [-0.15, -0.1) is 0 Å². The summed E-state index contributed by atoms with van der Waals surface area (Å²) in [6.07, 6.45) is 3.55. The highest BCUT2D eigenvalue weighted by atomic mass is 19.3. The van der Waals surface area contributed by atoms with E-state index >= 15 is 0 Å². The van der Waals surface area contributed by atoms with Crippen LogP contribution >= 0.6 is 0 Å². The normalized spacial score (nSPS) is 14.7. The highest BCUT2D eigenvalue weighted by molar-refractivity contribution is 5.79. The number of halogens is 2. The largest absolute Gasteiger partial charge is 0.435 e. The average Bonchev–Trinajstić information content (AvgIpc) is 3.40. The zero-order chi connectivity index (χ0) is 18.1. The minimum absolute atomic E-state index is 0.162. The molecule has 0 aromatic heterocycles. The van der Waals surface area contributed by atoms with E-state index in [0.29, 0.717) is 6.54 Å². The molecular formula is C18H27F2N3O2. The fraction of sp³-hybridized carbons (Fsp3) is 0.611. The molecule has 2 rings (SSSR count). The predicted molar refractivity (Wildman–Crippen MR) is 94.1 cm³/mol. The lowest BCUT2D eigenvalue weighted by atomic mass is 10.2. The van der Waals surface area contributed by atoms with Crippen molar-refractivity contribution in [3.05, 3.63) is 29.8 Å². The molecule has 1 N–H and O–H groups in total. The molecule has 140 valence electrons. The van der Waals surface area contributed by atoms with Crippen LogP contribution in [0.15, 0.2) is 29.3 Å². The van der Waals surface area contributed by atoms with E-state index < -0.39 is 6.61 Å². The number of nitrogens with one attached hydrogen (secondary N) is 1. The number of benzene rings is 1. The van der Waals surface area contributed by atoms with Gasteiger partial charge in [0.2, 0.25) is 0 Å². The Morgan fingerprint density at radius 1 is 1.32 bits per heavy atom. The van der Waals surface area contributed by atoms with Gasteiger partial charge in [0.05, 0.1) is 0 Å². The van der Waals surface area contributed by atoms with Crippen LogP contribution in [0.2, 0.25) is 0 Å². The number of hydrogen-bond acceptors (Lipinski definition) is 3. The van der Waals surface area contributed by atoms with E-state index in [1.807, 2.05) is 11.9 Å². The van der Waals surface area contributed by atoms with Crippen LogP contribution < -0.4 is 10.1 Å². The third kappa shape index (κ3) is 7.69. The quantitative estimate of drug-likeness (QED) is 0.398. The first kappa shape index (κ1) is 19.4. The number of ether oxygens (including phenoxy) is 2. The van der Waals surface area contributed by atoms with Crippen LogP contribution in [0.25, 0.3) is 0 Å². The smallest absolute Gasteiger partial charge is 0.387 e. The summed E-state index contributed by atoms with van der Waals surface area (Å²) >= 11 is 0. The highest BCUT2D eigenvalue weighted by Gasteiger charge is 2.20.